The highest BCUT2D eigenvalue weighted by Gasteiger charge is 2.26. The van der Waals surface area contributed by atoms with Crippen molar-refractivity contribution in [3.63, 3.8) is 0 Å². The van der Waals surface area contributed by atoms with Gasteiger partial charge in [0.1, 0.15) is 6.04 Å². The second-order valence-electron chi connectivity index (χ2n) is 3.70. The minimum absolute atomic E-state index is 0.114. The van der Waals surface area contributed by atoms with Gasteiger partial charge in [-0.3, -0.25) is 4.79 Å². The van der Waals surface area contributed by atoms with Crippen molar-refractivity contribution in [3.8, 4) is 0 Å². The van der Waals surface area contributed by atoms with Crippen molar-refractivity contribution in [2.24, 2.45) is 0 Å². The van der Waals surface area contributed by atoms with Crippen molar-refractivity contribution in [2.45, 2.75) is 6.04 Å². The number of benzene rings is 1. The summed E-state index contributed by atoms with van der Waals surface area (Å²) in [4.78, 5) is 13.6. The molecule has 0 aromatic heterocycles. The summed E-state index contributed by atoms with van der Waals surface area (Å²) >= 11 is 5.80. The molecule has 1 fully saturated rings. The number of hydrogen-bond acceptors (Lipinski definition) is 2. The molecule has 1 aromatic rings. The monoisotopic (exact) mass is 224 g/mol. The van der Waals surface area contributed by atoms with E-state index in [1.54, 1.807) is 17.0 Å². The molecule has 1 aliphatic heterocycles. The van der Waals surface area contributed by atoms with Crippen LogP contribution in [0.3, 0.4) is 0 Å². The lowest BCUT2D eigenvalue weighted by atomic mass is 10.0. The first-order valence-corrected chi connectivity index (χ1v) is 5.30. The molecule has 1 N–H and O–H groups in total. The molecule has 0 saturated carbocycles. The molecule has 3 nitrogen and oxygen atoms in total. The standard InChI is InChI=1S/C11H13ClN2O/c1-14-7-6-13-10(11(14)15)8-2-4-9(12)5-3-8/h2-5,10,13H,6-7H2,1H3. The van der Waals surface area contributed by atoms with Gasteiger partial charge in [0.05, 0.1) is 0 Å². The maximum atomic E-state index is 11.8. The molecule has 0 aliphatic carbocycles. The van der Waals surface area contributed by atoms with Gasteiger partial charge in [-0.2, -0.15) is 0 Å². The zero-order valence-electron chi connectivity index (χ0n) is 8.53. The largest absolute Gasteiger partial charge is 0.343 e. The maximum Gasteiger partial charge on any atom is 0.244 e. The molecule has 80 valence electrons. The van der Waals surface area contributed by atoms with Crippen molar-refractivity contribution in [3.05, 3.63) is 34.9 Å². The predicted molar refractivity (Wildman–Crippen MR) is 59.8 cm³/mol. The third-order valence-corrected chi connectivity index (χ3v) is 2.87. The predicted octanol–water partition coefficient (Wildman–Crippen LogP) is 1.44. The highest BCUT2D eigenvalue weighted by atomic mass is 35.5. The Morgan fingerprint density at radius 2 is 2.07 bits per heavy atom. The van der Waals surface area contributed by atoms with E-state index in [9.17, 15) is 4.79 Å². The van der Waals surface area contributed by atoms with E-state index in [2.05, 4.69) is 5.32 Å². The number of piperazine rings is 1. The summed E-state index contributed by atoms with van der Waals surface area (Å²) in [6.45, 7) is 1.60. The number of nitrogens with one attached hydrogen (secondary N) is 1. The summed E-state index contributed by atoms with van der Waals surface area (Å²) in [6.07, 6.45) is 0. The molecule has 1 atom stereocenters. The molecule has 0 bridgehead atoms. The Morgan fingerprint density at radius 3 is 2.73 bits per heavy atom. The molecule has 0 spiro atoms. The van der Waals surface area contributed by atoms with Crippen LogP contribution >= 0.6 is 11.6 Å². The smallest absolute Gasteiger partial charge is 0.244 e. The number of nitrogens with zero attached hydrogens (tertiary/aromatic N) is 1. The van der Waals surface area contributed by atoms with Gasteiger partial charge in [-0.15, -0.1) is 0 Å². The SMILES string of the molecule is CN1CCNC(c2ccc(Cl)cc2)C1=O. The van der Waals surface area contributed by atoms with Crippen LogP contribution in [-0.2, 0) is 4.79 Å². The fourth-order valence-electron chi connectivity index (χ4n) is 1.71. The summed E-state index contributed by atoms with van der Waals surface area (Å²) in [7, 11) is 1.83. The number of carbonyl (C=O) groups is 1. The van der Waals surface area contributed by atoms with E-state index in [0.29, 0.717) is 5.02 Å². The lowest BCUT2D eigenvalue weighted by molar-refractivity contribution is -0.134. The molecule has 1 saturated heterocycles. The normalized spacial score (nSPS) is 21.9. The van der Waals surface area contributed by atoms with Crippen LogP contribution in [0.2, 0.25) is 5.02 Å². The minimum Gasteiger partial charge on any atom is -0.343 e. The van der Waals surface area contributed by atoms with E-state index in [-0.39, 0.29) is 11.9 Å². The van der Waals surface area contributed by atoms with Crippen LogP contribution in [0.15, 0.2) is 24.3 Å². The van der Waals surface area contributed by atoms with Crippen LogP contribution < -0.4 is 5.32 Å². The van der Waals surface area contributed by atoms with Crippen molar-refractivity contribution >= 4 is 17.5 Å². The van der Waals surface area contributed by atoms with Gasteiger partial charge in [0.25, 0.3) is 0 Å². The van der Waals surface area contributed by atoms with Gasteiger partial charge in [0.15, 0.2) is 0 Å². The van der Waals surface area contributed by atoms with Gasteiger partial charge >= 0.3 is 0 Å². The summed E-state index contributed by atoms with van der Waals surface area (Å²) < 4.78 is 0. The third kappa shape index (κ3) is 2.13. The summed E-state index contributed by atoms with van der Waals surface area (Å²) in [5.41, 5.74) is 0.968. The van der Waals surface area contributed by atoms with Crippen molar-refractivity contribution in [1.29, 1.82) is 0 Å². The summed E-state index contributed by atoms with van der Waals surface area (Å²) in [6, 6.07) is 7.16. The summed E-state index contributed by atoms with van der Waals surface area (Å²) in [5.74, 6) is 0.114. The Morgan fingerprint density at radius 1 is 1.40 bits per heavy atom. The molecule has 1 amide bonds. The Balaban J connectivity index is 2.22. The molecule has 4 heteroatoms. The van der Waals surface area contributed by atoms with E-state index in [1.807, 2.05) is 19.2 Å². The molecular formula is C11H13ClN2O. The van der Waals surface area contributed by atoms with Gasteiger partial charge in [-0.25, -0.2) is 0 Å². The van der Waals surface area contributed by atoms with E-state index in [1.165, 1.54) is 0 Å². The van der Waals surface area contributed by atoms with E-state index >= 15 is 0 Å². The van der Waals surface area contributed by atoms with Gasteiger partial charge < -0.3 is 10.2 Å². The van der Waals surface area contributed by atoms with E-state index in [4.69, 9.17) is 11.6 Å². The topological polar surface area (TPSA) is 32.3 Å². The zero-order valence-corrected chi connectivity index (χ0v) is 9.29. The molecule has 1 heterocycles. The van der Waals surface area contributed by atoms with Gasteiger partial charge in [0.2, 0.25) is 5.91 Å². The highest BCUT2D eigenvalue weighted by Crippen LogP contribution is 2.19. The van der Waals surface area contributed by atoms with Crippen LogP contribution in [0, 0.1) is 0 Å². The second-order valence-corrected chi connectivity index (χ2v) is 4.13. The number of hydrogen-bond donors (Lipinski definition) is 1. The third-order valence-electron chi connectivity index (χ3n) is 2.62. The molecule has 15 heavy (non-hydrogen) atoms. The lowest BCUT2D eigenvalue weighted by Crippen LogP contribution is -2.48. The fraction of sp³-hybridized carbons (Fsp3) is 0.364. The number of halogens is 1. The Labute approximate surface area is 94.0 Å². The average molecular weight is 225 g/mol. The van der Waals surface area contributed by atoms with Crippen molar-refractivity contribution < 1.29 is 4.79 Å². The van der Waals surface area contributed by atoms with Crippen LogP contribution in [0.1, 0.15) is 11.6 Å². The minimum atomic E-state index is -0.221. The van der Waals surface area contributed by atoms with Crippen LogP contribution in [0.4, 0.5) is 0 Å². The molecular weight excluding hydrogens is 212 g/mol. The quantitative estimate of drug-likeness (QED) is 0.783. The van der Waals surface area contributed by atoms with Crippen LogP contribution in [0.25, 0.3) is 0 Å². The van der Waals surface area contributed by atoms with Crippen LogP contribution in [-0.4, -0.2) is 30.9 Å². The van der Waals surface area contributed by atoms with Crippen molar-refractivity contribution in [1.82, 2.24) is 10.2 Å². The molecule has 1 aromatic carbocycles. The lowest BCUT2D eigenvalue weighted by Gasteiger charge is -2.30. The average Bonchev–Trinajstić information content (AvgIpc) is 2.24. The van der Waals surface area contributed by atoms with Gasteiger partial charge in [0, 0.05) is 25.2 Å². The first-order chi connectivity index (χ1) is 7.18. The number of carbonyl (C=O) groups excluding carboxylic acids is 1. The fourth-order valence-corrected chi connectivity index (χ4v) is 1.84. The van der Waals surface area contributed by atoms with Gasteiger partial charge in [-0.1, -0.05) is 23.7 Å². The Bertz CT molecular complexity index is 363. The highest BCUT2D eigenvalue weighted by molar-refractivity contribution is 6.30. The van der Waals surface area contributed by atoms with Gasteiger partial charge in [-0.05, 0) is 17.7 Å². The molecule has 1 aliphatic rings. The molecule has 0 radical (unpaired) electrons. The zero-order chi connectivity index (χ0) is 10.8. The number of rotatable bonds is 1. The van der Waals surface area contributed by atoms with E-state index < -0.39 is 0 Å². The van der Waals surface area contributed by atoms with Crippen molar-refractivity contribution in [2.75, 3.05) is 20.1 Å². The first-order valence-electron chi connectivity index (χ1n) is 4.92. The Kier molecular flexibility index (Phi) is 2.93. The first kappa shape index (κ1) is 10.5. The Hall–Kier alpha value is -1.06. The van der Waals surface area contributed by atoms with Crippen LogP contribution in [0.5, 0.6) is 0 Å². The molecule has 1 unspecified atom stereocenters. The number of likely N-dealkylation sites (N-methyl/N-ethyl adjacent to an activating group) is 1. The second kappa shape index (κ2) is 4.21. The molecule has 2 rings (SSSR count). The maximum absolute atomic E-state index is 11.8. The van der Waals surface area contributed by atoms with E-state index in [0.717, 1.165) is 18.7 Å². The number of amides is 1. The summed E-state index contributed by atoms with van der Waals surface area (Å²) in [5, 5.41) is 3.89.